The highest BCUT2D eigenvalue weighted by molar-refractivity contribution is 5.69. The first-order valence-electron chi connectivity index (χ1n) is 7.28. The highest BCUT2D eigenvalue weighted by Crippen LogP contribution is 2.08. The summed E-state index contributed by atoms with van der Waals surface area (Å²) in [4.78, 5) is 20.1. The molecule has 2 heterocycles. The van der Waals surface area contributed by atoms with Crippen molar-refractivity contribution in [3.63, 3.8) is 0 Å². The van der Waals surface area contributed by atoms with Crippen LogP contribution < -0.4 is 5.32 Å². The van der Waals surface area contributed by atoms with Gasteiger partial charge in [-0.25, -0.2) is 9.97 Å². The van der Waals surface area contributed by atoms with E-state index in [1.165, 1.54) is 0 Å². The van der Waals surface area contributed by atoms with Crippen LogP contribution in [0.1, 0.15) is 36.8 Å². The van der Waals surface area contributed by atoms with Crippen molar-refractivity contribution in [3.05, 3.63) is 29.3 Å². The van der Waals surface area contributed by atoms with Gasteiger partial charge in [0.2, 0.25) is 5.78 Å². The molecule has 0 radical (unpaired) electrons. The third kappa shape index (κ3) is 4.26. The number of carbonyl (C=O) groups is 1. The van der Waals surface area contributed by atoms with Crippen molar-refractivity contribution in [1.82, 2.24) is 19.7 Å². The summed E-state index contributed by atoms with van der Waals surface area (Å²) < 4.78 is 6.87. The molecule has 0 saturated carbocycles. The number of rotatable bonds is 7. The first-order chi connectivity index (χ1) is 10.1. The minimum Gasteiger partial charge on any atom is -0.466 e. The number of nitrogens with zero attached hydrogens (tertiary/aromatic N) is 3. The van der Waals surface area contributed by atoms with Crippen LogP contribution in [0.3, 0.4) is 0 Å². The van der Waals surface area contributed by atoms with Gasteiger partial charge in [-0.2, -0.15) is 0 Å². The van der Waals surface area contributed by atoms with E-state index in [1.807, 2.05) is 37.4 Å². The first kappa shape index (κ1) is 15.4. The van der Waals surface area contributed by atoms with Crippen molar-refractivity contribution >= 4 is 11.7 Å². The number of hydrogen-bond acceptors (Lipinski definition) is 5. The van der Waals surface area contributed by atoms with Gasteiger partial charge in [-0.1, -0.05) is 0 Å². The maximum absolute atomic E-state index is 11.2. The maximum atomic E-state index is 11.2. The number of carbonyl (C=O) groups excluding carboxylic acids is 1. The Kier molecular flexibility index (Phi) is 5.27. The number of ether oxygens (including phenoxy) is 1. The number of imidazole rings is 1. The third-order valence-corrected chi connectivity index (χ3v) is 3.16. The standard InChI is InChI=1S/C15H22N4O2/c1-4-21-14(20)6-5-7-16-9-13-10-19-12(3)8-11(2)17-15(19)18-13/h8,10,16H,4-7,9H2,1-3H3. The van der Waals surface area contributed by atoms with Crippen molar-refractivity contribution in [2.75, 3.05) is 13.2 Å². The van der Waals surface area contributed by atoms with Crippen LogP contribution in [0.2, 0.25) is 0 Å². The van der Waals surface area contributed by atoms with Crippen LogP contribution in [-0.4, -0.2) is 33.5 Å². The molecule has 0 spiro atoms. The summed E-state index contributed by atoms with van der Waals surface area (Å²) in [6.07, 6.45) is 3.21. The molecule has 0 aliphatic heterocycles. The average molecular weight is 290 g/mol. The van der Waals surface area contributed by atoms with Gasteiger partial charge in [-0.15, -0.1) is 0 Å². The third-order valence-electron chi connectivity index (χ3n) is 3.16. The summed E-state index contributed by atoms with van der Waals surface area (Å²) >= 11 is 0. The summed E-state index contributed by atoms with van der Waals surface area (Å²) in [6, 6.07) is 2.03. The van der Waals surface area contributed by atoms with Gasteiger partial charge >= 0.3 is 5.97 Å². The van der Waals surface area contributed by atoms with Gasteiger partial charge in [0.05, 0.1) is 12.3 Å². The minimum atomic E-state index is -0.137. The Hall–Kier alpha value is -1.95. The number of aromatic nitrogens is 3. The normalized spacial score (nSPS) is 11.0. The van der Waals surface area contributed by atoms with Crippen LogP contribution in [0.5, 0.6) is 0 Å². The van der Waals surface area contributed by atoms with Gasteiger partial charge in [-0.05, 0) is 39.8 Å². The molecule has 6 heteroatoms. The van der Waals surface area contributed by atoms with Crippen molar-refractivity contribution in [2.45, 2.75) is 40.2 Å². The van der Waals surface area contributed by atoms with Gasteiger partial charge in [0.25, 0.3) is 0 Å². The van der Waals surface area contributed by atoms with Crippen molar-refractivity contribution in [3.8, 4) is 0 Å². The summed E-state index contributed by atoms with van der Waals surface area (Å²) in [5.41, 5.74) is 3.05. The predicted molar refractivity (Wildman–Crippen MR) is 80.0 cm³/mol. The van der Waals surface area contributed by atoms with Crippen LogP contribution in [0.4, 0.5) is 0 Å². The zero-order chi connectivity index (χ0) is 15.2. The molecule has 0 amide bonds. The van der Waals surface area contributed by atoms with E-state index in [0.717, 1.165) is 35.8 Å². The quantitative estimate of drug-likeness (QED) is 0.622. The van der Waals surface area contributed by atoms with Gasteiger partial charge in [0, 0.05) is 30.6 Å². The van der Waals surface area contributed by atoms with Crippen LogP contribution in [0, 0.1) is 13.8 Å². The topological polar surface area (TPSA) is 68.5 Å². The van der Waals surface area contributed by atoms with E-state index in [-0.39, 0.29) is 5.97 Å². The highest BCUT2D eigenvalue weighted by Gasteiger charge is 2.06. The van der Waals surface area contributed by atoms with Gasteiger partial charge < -0.3 is 10.1 Å². The summed E-state index contributed by atoms with van der Waals surface area (Å²) in [5, 5.41) is 3.28. The fraction of sp³-hybridized carbons (Fsp3) is 0.533. The van der Waals surface area contributed by atoms with Crippen LogP contribution in [0.25, 0.3) is 5.78 Å². The number of nitrogens with one attached hydrogen (secondary N) is 1. The Bertz CT molecular complexity index is 621. The molecule has 0 unspecified atom stereocenters. The second kappa shape index (κ2) is 7.17. The largest absolute Gasteiger partial charge is 0.466 e. The minimum absolute atomic E-state index is 0.137. The molecule has 0 aliphatic rings. The molecular weight excluding hydrogens is 268 g/mol. The lowest BCUT2D eigenvalue weighted by Gasteiger charge is -2.02. The fourth-order valence-electron chi connectivity index (χ4n) is 2.21. The van der Waals surface area contributed by atoms with E-state index in [0.29, 0.717) is 19.6 Å². The maximum Gasteiger partial charge on any atom is 0.305 e. The second-order valence-electron chi connectivity index (χ2n) is 5.03. The summed E-state index contributed by atoms with van der Waals surface area (Å²) in [5.74, 6) is 0.596. The fourth-order valence-corrected chi connectivity index (χ4v) is 2.21. The lowest BCUT2D eigenvalue weighted by atomic mass is 10.3. The molecule has 0 aromatic carbocycles. The molecule has 6 nitrogen and oxygen atoms in total. The predicted octanol–water partition coefficient (Wildman–Crippen LogP) is 1.78. The van der Waals surface area contributed by atoms with Crippen molar-refractivity contribution in [2.24, 2.45) is 0 Å². The van der Waals surface area contributed by atoms with Gasteiger partial charge in [0.1, 0.15) is 0 Å². The van der Waals surface area contributed by atoms with Crippen molar-refractivity contribution in [1.29, 1.82) is 0 Å². The van der Waals surface area contributed by atoms with Gasteiger partial charge in [-0.3, -0.25) is 9.20 Å². The Morgan fingerprint density at radius 1 is 1.38 bits per heavy atom. The lowest BCUT2D eigenvalue weighted by Crippen LogP contribution is -2.16. The number of hydrogen-bond donors (Lipinski definition) is 1. The van der Waals surface area contributed by atoms with E-state index < -0.39 is 0 Å². The number of esters is 1. The Balaban J connectivity index is 1.81. The highest BCUT2D eigenvalue weighted by atomic mass is 16.5. The molecule has 2 aromatic heterocycles. The summed E-state index contributed by atoms with van der Waals surface area (Å²) in [6.45, 7) is 7.70. The molecule has 0 bridgehead atoms. The molecule has 1 N–H and O–H groups in total. The zero-order valence-corrected chi connectivity index (χ0v) is 12.8. The van der Waals surface area contributed by atoms with Gasteiger partial charge in [0.15, 0.2) is 0 Å². The Morgan fingerprint density at radius 2 is 2.19 bits per heavy atom. The zero-order valence-electron chi connectivity index (χ0n) is 12.8. The Labute approximate surface area is 124 Å². The lowest BCUT2D eigenvalue weighted by molar-refractivity contribution is -0.143. The molecule has 2 aromatic rings. The molecule has 0 saturated heterocycles. The monoisotopic (exact) mass is 290 g/mol. The molecule has 114 valence electrons. The molecule has 0 fully saturated rings. The van der Waals surface area contributed by atoms with Crippen LogP contribution in [-0.2, 0) is 16.1 Å². The van der Waals surface area contributed by atoms with E-state index >= 15 is 0 Å². The van der Waals surface area contributed by atoms with E-state index in [4.69, 9.17) is 4.74 Å². The first-order valence-corrected chi connectivity index (χ1v) is 7.28. The molecule has 0 aliphatic carbocycles. The smallest absolute Gasteiger partial charge is 0.305 e. The number of aryl methyl sites for hydroxylation is 2. The molecule has 0 atom stereocenters. The molecule has 21 heavy (non-hydrogen) atoms. The van der Waals surface area contributed by atoms with Crippen LogP contribution in [0.15, 0.2) is 12.3 Å². The Morgan fingerprint density at radius 3 is 2.95 bits per heavy atom. The second-order valence-corrected chi connectivity index (χ2v) is 5.03. The van der Waals surface area contributed by atoms with E-state index in [1.54, 1.807) is 0 Å². The van der Waals surface area contributed by atoms with Crippen molar-refractivity contribution < 1.29 is 9.53 Å². The average Bonchev–Trinajstić information content (AvgIpc) is 2.81. The van der Waals surface area contributed by atoms with E-state index in [2.05, 4.69) is 15.3 Å². The SMILES string of the molecule is CCOC(=O)CCCNCc1cn2c(C)cc(C)nc2n1. The number of fused-ring (bicyclic) bond motifs is 1. The molecular formula is C15H22N4O2. The molecule has 2 rings (SSSR count). The van der Waals surface area contributed by atoms with E-state index in [9.17, 15) is 4.79 Å². The summed E-state index contributed by atoms with van der Waals surface area (Å²) in [7, 11) is 0. The van der Waals surface area contributed by atoms with Crippen LogP contribution >= 0.6 is 0 Å².